The lowest BCUT2D eigenvalue weighted by molar-refractivity contribution is -0.321. The minimum absolute atomic E-state index is 0.0423. The minimum atomic E-state index is -1.96. The summed E-state index contributed by atoms with van der Waals surface area (Å²) in [6.07, 6.45) is 9.37. The Morgan fingerprint density at radius 1 is 1.00 bits per heavy atom. The molecule has 0 aromatic heterocycles. The van der Waals surface area contributed by atoms with Crippen molar-refractivity contribution in [1.29, 1.82) is 0 Å². The first-order valence-electron chi connectivity index (χ1n) is 21.7. The van der Waals surface area contributed by atoms with Gasteiger partial charge in [0.1, 0.15) is 24.4 Å². The Kier molecular flexibility index (Phi) is 12.9. The predicted octanol–water partition coefficient (Wildman–Crippen LogP) is 5.21. The van der Waals surface area contributed by atoms with Crippen LogP contribution in [0.5, 0.6) is 0 Å². The van der Waals surface area contributed by atoms with E-state index in [1.165, 1.54) is 6.92 Å². The largest absolute Gasteiger partial charge is 0.479 e. The third-order valence-electron chi connectivity index (χ3n) is 14.0. The number of carboxylic acid groups (broad SMARTS) is 1. The maximum absolute atomic E-state index is 11.6. The van der Waals surface area contributed by atoms with E-state index in [9.17, 15) is 30.3 Å². The van der Waals surface area contributed by atoms with E-state index in [1.54, 1.807) is 6.08 Å². The average molecular weight is 805 g/mol. The SMILES string of the molecule is C=C1[C@H](O)[C@@H]2O[C@]3(CC[C@H](C=C[C@@H](C)[C@@H]4CC(C)=C[C@@]5(O[C@H](C[C@@](C)(O)C(=O)O)CC[C@H]5O)O4)O3)CC[C@H]2O[C@@H]1[C@@H](O)C[C@H](C)[C@H]1O[C@@]2(CCCCO2)CC[C@H]1C. The molecule has 0 aromatic rings. The molecule has 13 heteroatoms. The van der Waals surface area contributed by atoms with Crippen molar-refractivity contribution < 1.29 is 63.5 Å². The summed E-state index contributed by atoms with van der Waals surface area (Å²) < 4.78 is 45.2. The van der Waals surface area contributed by atoms with Crippen LogP contribution < -0.4 is 0 Å². The Balaban J connectivity index is 0.920. The normalized spacial score (nSPS) is 45.4. The van der Waals surface area contributed by atoms with Gasteiger partial charge < -0.3 is 58.7 Å². The summed E-state index contributed by atoms with van der Waals surface area (Å²) in [5, 5.41) is 54.0. The van der Waals surface area contributed by atoms with E-state index in [1.807, 2.05) is 19.9 Å². The van der Waals surface area contributed by atoms with Crippen molar-refractivity contribution in [2.75, 3.05) is 6.61 Å². The topological polar surface area (TPSA) is 183 Å². The molecule has 7 aliphatic rings. The number of carboxylic acids is 1. The standard InChI is InChI=1S/C44H68O13/c1-25-21-34(55-44(23-25)35(46)12-11-31(54-44)24-41(6,50)40(48)49)26(2)9-10-30-14-18-43(53-30)19-15-33-39(57-43)36(47)29(5)38(52-33)32(45)22-28(4)37-27(3)13-17-42(56-37)16-7-8-20-51-42/h9-10,23,26-28,30-39,45-47,50H,5,7-8,11-22,24H2,1-4,6H3,(H,48,49)/t26-,27-,28+,30+,31+,32+,33-,34+,35-,36+,37+,38+,39-,41-,42+,43-,44-/m1/s1. The molecule has 0 aliphatic carbocycles. The number of aliphatic hydroxyl groups excluding tert-OH is 3. The first-order valence-corrected chi connectivity index (χ1v) is 21.7. The van der Waals surface area contributed by atoms with E-state index in [2.05, 4.69) is 26.5 Å². The van der Waals surface area contributed by atoms with Crippen LogP contribution in [-0.2, 0) is 38.0 Å². The first kappa shape index (κ1) is 43.3. The van der Waals surface area contributed by atoms with Gasteiger partial charge in [-0.1, -0.05) is 45.1 Å². The molecule has 6 fully saturated rings. The van der Waals surface area contributed by atoms with Crippen LogP contribution >= 0.6 is 0 Å². The summed E-state index contributed by atoms with van der Waals surface area (Å²) in [7, 11) is 0. The molecule has 0 bridgehead atoms. The highest BCUT2D eigenvalue weighted by molar-refractivity contribution is 5.76. The second-order valence-corrected chi connectivity index (χ2v) is 18.9. The van der Waals surface area contributed by atoms with Crippen LogP contribution in [0.3, 0.4) is 0 Å². The fraction of sp³-hybridized carbons (Fsp3) is 0.841. The Morgan fingerprint density at radius 3 is 2.49 bits per heavy atom. The third kappa shape index (κ3) is 9.15. The number of ether oxygens (including phenoxy) is 7. The molecule has 7 aliphatic heterocycles. The zero-order valence-corrected chi connectivity index (χ0v) is 34.6. The van der Waals surface area contributed by atoms with Crippen molar-refractivity contribution in [3.63, 3.8) is 0 Å². The molecule has 0 saturated carbocycles. The average Bonchev–Trinajstić information content (AvgIpc) is 3.56. The van der Waals surface area contributed by atoms with Crippen molar-refractivity contribution >= 4 is 5.97 Å². The van der Waals surface area contributed by atoms with Gasteiger partial charge in [0.25, 0.3) is 0 Å². The lowest BCUT2D eigenvalue weighted by atomic mass is 9.79. The molecule has 0 aromatic carbocycles. The van der Waals surface area contributed by atoms with Crippen molar-refractivity contribution in [1.82, 2.24) is 0 Å². The van der Waals surface area contributed by atoms with Crippen LogP contribution in [0.15, 0.2) is 36.0 Å². The Bertz CT molecular complexity index is 1510. The van der Waals surface area contributed by atoms with Gasteiger partial charge in [-0.25, -0.2) is 4.79 Å². The van der Waals surface area contributed by atoms with Gasteiger partial charge in [-0.3, -0.25) is 0 Å². The van der Waals surface area contributed by atoms with E-state index < -0.39 is 71.7 Å². The molecule has 57 heavy (non-hydrogen) atoms. The number of aliphatic hydroxyl groups is 4. The molecule has 6 saturated heterocycles. The fourth-order valence-corrected chi connectivity index (χ4v) is 10.5. The molecule has 0 unspecified atom stereocenters. The van der Waals surface area contributed by atoms with E-state index in [0.717, 1.165) is 50.7 Å². The van der Waals surface area contributed by atoms with E-state index >= 15 is 0 Å². The van der Waals surface area contributed by atoms with Crippen LogP contribution in [0, 0.1) is 17.8 Å². The highest BCUT2D eigenvalue weighted by Crippen LogP contribution is 2.47. The maximum atomic E-state index is 11.6. The molecule has 17 atom stereocenters. The van der Waals surface area contributed by atoms with Crippen LogP contribution in [0.2, 0.25) is 0 Å². The highest BCUT2D eigenvalue weighted by Gasteiger charge is 2.55. The third-order valence-corrected chi connectivity index (χ3v) is 14.0. The van der Waals surface area contributed by atoms with E-state index in [0.29, 0.717) is 56.4 Å². The van der Waals surface area contributed by atoms with Crippen LogP contribution in [0.4, 0.5) is 0 Å². The number of carbonyl (C=O) groups is 1. The van der Waals surface area contributed by atoms with Crippen molar-refractivity contribution in [3.05, 3.63) is 36.0 Å². The van der Waals surface area contributed by atoms with Gasteiger partial charge >= 0.3 is 5.97 Å². The smallest absolute Gasteiger partial charge is 0.335 e. The summed E-state index contributed by atoms with van der Waals surface area (Å²) in [4.78, 5) is 11.6. The second-order valence-electron chi connectivity index (χ2n) is 18.9. The van der Waals surface area contributed by atoms with Gasteiger partial charge in [0, 0.05) is 38.0 Å². The Hall–Kier alpha value is -1.75. The molecular formula is C44H68O13. The molecule has 3 spiro atoms. The zero-order valence-electron chi connectivity index (χ0n) is 34.6. The lowest BCUT2D eigenvalue weighted by Gasteiger charge is -2.50. The molecule has 13 nitrogen and oxygen atoms in total. The van der Waals surface area contributed by atoms with Crippen molar-refractivity contribution in [2.45, 2.75) is 209 Å². The summed E-state index contributed by atoms with van der Waals surface area (Å²) in [6.45, 7) is 14.5. The fourth-order valence-electron chi connectivity index (χ4n) is 10.5. The highest BCUT2D eigenvalue weighted by atomic mass is 16.7. The minimum Gasteiger partial charge on any atom is -0.479 e. The number of aliphatic carboxylic acids is 1. The lowest BCUT2D eigenvalue weighted by Crippen LogP contribution is -2.60. The van der Waals surface area contributed by atoms with Crippen LogP contribution in [-0.4, -0.2) is 122 Å². The maximum Gasteiger partial charge on any atom is 0.335 e. The number of hydrogen-bond donors (Lipinski definition) is 5. The van der Waals surface area contributed by atoms with Crippen LogP contribution in [0.1, 0.15) is 125 Å². The monoisotopic (exact) mass is 804 g/mol. The van der Waals surface area contributed by atoms with Gasteiger partial charge in [0.05, 0.1) is 43.2 Å². The van der Waals surface area contributed by atoms with Crippen molar-refractivity contribution in [3.8, 4) is 0 Å². The molecular weight excluding hydrogens is 736 g/mol. The van der Waals surface area contributed by atoms with Gasteiger partial charge in [0.15, 0.2) is 17.2 Å². The first-order chi connectivity index (χ1) is 26.9. The van der Waals surface area contributed by atoms with Gasteiger partial charge in [-0.2, -0.15) is 0 Å². The quantitative estimate of drug-likeness (QED) is 0.182. The van der Waals surface area contributed by atoms with Gasteiger partial charge in [-0.05, 0) is 95.1 Å². The number of hydrogen-bond acceptors (Lipinski definition) is 12. The van der Waals surface area contributed by atoms with E-state index in [-0.39, 0.29) is 36.6 Å². The predicted molar refractivity (Wildman–Crippen MR) is 208 cm³/mol. The number of rotatable bonds is 10. The molecule has 7 rings (SSSR count). The zero-order chi connectivity index (χ0) is 40.9. The molecule has 0 radical (unpaired) electrons. The summed E-state index contributed by atoms with van der Waals surface area (Å²) >= 11 is 0. The Labute approximate surface area is 337 Å². The Morgan fingerprint density at radius 2 is 1.75 bits per heavy atom. The number of fused-ring (bicyclic) bond motifs is 1. The van der Waals surface area contributed by atoms with E-state index in [4.69, 9.17) is 33.2 Å². The molecule has 7 heterocycles. The molecule has 5 N–H and O–H groups in total. The summed E-state index contributed by atoms with van der Waals surface area (Å²) in [6, 6.07) is 0. The van der Waals surface area contributed by atoms with Gasteiger partial charge in [-0.15, -0.1) is 0 Å². The summed E-state index contributed by atoms with van der Waals surface area (Å²) in [5.41, 5.74) is -0.551. The molecule has 322 valence electrons. The van der Waals surface area contributed by atoms with Crippen LogP contribution in [0.25, 0.3) is 0 Å². The van der Waals surface area contributed by atoms with Gasteiger partial charge in [0.2, 0.25) is 5.79 Å². The molecule has 0 amide bonds. The summed E-state index contributed by atoms with van der Waals surface area (Å²) in [5.74, 6) is -3.82. The second kappa shape index (κ2) is 17.0. The van der Waals surface area contributed by atoms with Crippen molar-refractivity contribution in [2.24, 2.45) is 17.8 Å².